The van der Waals surface area contributed by atoms with Crippen molar-refractivity contribution in [1.82, 2.24) is 0 Å². The first kappa shape index (κ1) is 26.6. The molecule has 0 saturated carbocycles. The second-order valence-electron chi connectivity index (χ2n) is 8.67. The zero-order chi connectivity index (χ0) is 18.1. The van der Waals surface area contributed by atoms with Crippen molar-refractivity contribution in [3.63, 3.8) is 0 Å². The van der Waals surface area contributed by atoms with E-state index in [-0.39, 0.29) is 24.8 Å². The Balaban J connectivity index is 0.00000312. The van der Waals surface area contributed by atoms with E-state index in [1.807, 2.05) is 0 Å². The van der Waals surface area contributed by atoms with Gasteiger partial charge in [0.1, 0.15) is 0 Å². The third-order valence-corrected chi connectivity index (χ3v) is 11.7. The molecule has 2 aliphatic carbocycles. The van der Waals surface area contributed by atoms with E-state index in [2.05, 4.69) is 66.4 Å². The molecule has 2 rings (SSSR count). The molecule has 0 atom stereocenters. The Bertz CT molecular complexity index is 637. The minimum Gasteiger partial charge on any atom is -1.00 e. The summed E-state index contributed by atoms with van der Waals surface area (Å²) in [5, 5.41) is 0. The third kappa shape index (κ3) is 6.31. The fourth-order valence-electron chi connectivity index (χ4n) is 3.55. The first-order valence-electron chi connectivity index (χ1n) is 9.23. The van der Waals surface area contributed by atoms with Crippen LogP contribution < -0.4 is 24.8 Å². The molecule has 146 valence electrons. The maximum Gasteiger partial charge on any atom is -1.00 e. The van der Waals surface area contributed by atoms with Gasteiger partial charge in [-0.2, -0.15) is 0 Å². The normalized spacial score (nSPS) is 18.9. The molecule has 0 unspecified atom stereocenters. The first-order chi connectivity index (χ1) is 11.0. The molecule has 0 amide bonds. The van der Waals surface area contributed by atoms with E-state index in [0.29, 0.717) is 5.41 Å². The first-order valence-corrected chi connectivity index (χ1v) is 15.1. The van der Waals surface area contributed by atoms with Gasteiger partial charge in [0, 0.05) is 0 Å². The fraction of sp³-hybridized carbons (Fsp3) is 0.619. The van der Waals surface area contributed by atoms with Crippen molar-refractivity contribution in [3.8, 4) is 0 Å². The minimum atomic E-state index is -1.36. The summed E-state index contributed by atoms with van der Waals surface area (Å²) in [5.74, 6) is 0. The Kier molecular flexibility index (Phi) is 10.6. The van der Waals surface area contributed by atoms with Crippen molar-refractivity contribution < 1.29 is 52.5 Å². The summed E-state index contributed by atoms with van der Waals surface area (Å²) in [6.07, 6.45) is 8.37. The Morgan fingerprint density at radius 1 is 1.08 bits per heavy atom. The second-order valence-corrected chi connectivity index (χ2v) is 16.5. The molecule has 0 N–H and O–H groups in total. The summed E-state index contributed by atoms with van der Waals surface area (Å²) >= 11 is -0.669. The van der Waals surface area contributed by atoms with Gasteiger partial charge in [-0.05, 0) is 0 Å². The van der Waals surface area contributed by atoms with Crippen LogP contribution in [0.5, 0.6) is 0 Å². The molecule has 0 bridgehead atoms. The predicted molar refractivity (Wildman–Crippen MR) is 104 cm³/mol. The quantitative estimate of drug-likeness (QED) is 0.373. The average Bonchev–Trinajstić information content (AvgIpc) is 2.97. The molecule has 5 heteroatoms. The topological polar surface area (TPSA) is 9.23 Å². The van der Waals surface area contributed by atoms with E-state index in [1.165, 1.54) is 19.3 Å². The van der Waals surface area contributed by atoms with Crippen LogP contribution in [0.3, 0.4) is 0 Å². The second kappa shape index (κ2) is 10.4. The standard InChI is InChI=1S/C11H19OSi.C10H15.2ClH.Zr/c1-13(2,3)12-10-6-9-11-7-4-5-8-11;1-7-6-10(4,5)9(3)8(7)2;;;/h4,7H,5-6,9-10H2,1-3H3;1-5H3;2*1H;/q;;;;+2/p-2. The summed E-state index contributed by atoms with van der Waals surface area (Å²) in [5.41, 5.74) is 6.67. The fourth-order valence-corrected chi connectivity index (χ4v) is 8.65. The predicted octanol–water partition coefficient (Wildman–Crippen LogP) is 0.573. The Morgan fingerprint density at radius 2 is 1.69 bits per heavy atom. The molecule has 0 saturated heterocycles. The van der Waals surface area contributed by atoms with Gasteiger partial charge in [0.15, 0.2) is 0 Å². The van der Waals surface area contributed by atoms with E-state index in [9.17, 15) is 0 Å². The summed E-state index contributed by atoms with van der Waals surface area (Å²) < 4.78 is 9.63. The van der Waals surface area contributed by atoms with E-state index in [1.54, 1.807) is 28.9 Å². The van der Waals surface area contributed by atoms with Crippen molar-refractivity contribution in [1.29, 1.82) is 0 Å². The van der Waals surface area contributed by atoms with E-state index in [4.69, 9.17) is 4.43 Å². The summed E-state index contributed by atoms with van der Waals surface area (Å²) in [4.78, 5) is 0. The molecular weight excluding hydrogens is 458 g/mol. The number of allylic oxidation sites excluding steroid dienone is 8. The van der Waals surface area contributed by atoms with Gasteiger partial charge in [-0.15, -0.1) is 0 Å². The molecular formula is C21H34Cl2OSiZr. The SMILES string of the molecule is CC1=C(C)C(C)(C)[C]([Zr+2][C]2=C(CCCO[Si](C)(C)C)C=CC2)=C1C.[Cl-].[Cl-]. The van der Waals surface area contributed by atoms with Crippen LogP contribution in [0.4, 0.5) is 0 Å². The van der Waals surface area contributed by atoms with Crippen LogP contribution in [0.15, 0.2) is 41.0 Å². The van der Waals surface area contributed by atoms with Crippen LogP contribution in [-0.4, -0.2) is 14.9 Å². The number of halogens is 2. The van der Waals surface area contributed by atoms with Gasteiger partial charge >= 0.3 is 163 Å². The van der Waals surface area contributed by atoms with E-state index >= 15 is 0 Å². The van der Waals surface area contributed by atoms with E-state index < -0.39 is 31.6 Å². The molecule has 0 heterocycles. The summed E-state index contributed by atoms with van der Waals surface area (Å²) in [6, 6.07) is 0. The molecule has 0 aromatic carbocycles. The van der Waals surface area contributed by atoms with Crippen molar-refractivity contribution in [3.05, 3.63) is 41.0 Å². The van der Waals surface area contributed by atoms with Crippen LogP contribution in [0, 0.1) is 5.41 Å². The third-order valence-electron chi connectivity index (χ3n) is 5.49. The average molecular weight is 493 g/mol. The van der Waals surface area contributed by atoms with Crippen LogP contribution in [0.2, 0.25) is 19.6 Å². The van der Waals surface area contributed by atoms with Crippen LogP contribution in [0.1, 0.15) is 53.9 Å². The van der Waals surface area contributed by atoms with Gasteiger partial charge in [0.2, 0.25) is 0 Å². The molecule has 0 aromatic heterocycles. The van der Waals surface area contributed by atoms with Crippen LogP contribution in [-0.2, 0) is 27.7 Å². The van der Waals surface area contributed by atoms with Crippen molar-refractivity contribution in [2.75, 3.05) is 6.61 Å². The zero-order valence-electron chi connectivity index (χ0n) is 17.6. The summed E-state index contributed by atoms with van der Waals surface area (Å²) in [6.45, 7) is 19.6. The Morgan fingerprint density at radius 3 is 2.19 bits per heavy atom. The molecule has 0 radical (unpaired) electrons. The number of hydrogen-bond donors (Lipinski definition) is 0. The van der Waals surface area contributed by atoms with Crippen molar-refractivity contribution >= 4 is 8.32 Å². The number of hydrogen-bond acceptors (Lipinski definition) is 1. The molecule has 26 heavy (non-hydrogen) atoms. The number of rotatable bonds is 7. The van der Waals surface area contributed by atoms with Crippen molar-refractivity contribution in [2.24, 2.45) is 5.41 Å². The molecule has 2 aliphatic rings. The van der Waals surface area contributed by atoms with Crippen LogP contribution in [0.25, 0.3) is 0 Å². The molecule has 0 aromatic rings. The monoisotopic (exact) mass is 490 g/mol. The van der Waals surface area contributed by atoms with E-state index in [0.717, 1.165) is 6.61 Å². The largest absolute Gasteiger partial charge is 1.00 e. The van der Waals surface area contributed by atoms with Gasteiger partial charge in [0.05, 0.1) is 0 Å². The molecule has 0 aliphatic heterocycles. The van der Waals surface area contributed by atoms with Crippen LogP contribution >= 0.6 is 0 Å². The molecule has 0 fully saturated rings. The maximum atomic E-state index is 6.03. The van der Waals surface area contributed by atoms with Gasteiger partial charge in [-0.25, -0.2) is 0 Å². The maximum absolute atomic E-state index is 6.03. The Hall–Kier alpha value is 0.600. The van der Waals surface area contributed by atoms with Gasteiger partial charge in [0.25, 0.3) is 0 Å². The minimum absolute atomic E-state index is 0. The molecule has 1 nitrogen and oxygen atoms in total. The van der Waals surface area contributed by atoms with Gasteiger partial charge in [-0.1, -0.05) is 0 Å². The smallest absolute Gasteiger partial charge is 1.00 e. The Labute approximate surface area is 186 Å². The van der Waals surface area contributed by atoms with Crippen molar-refractivity contribution in [2.45, 2.75) is 73.5 Å². The van der Waals surface area contributed by atoms with Gasteiger partial charge in [-0.3, -0.25) is 0 Å². The summed E-state index contributed by atoms with van der Waals surface area (Å²) in [7, 11) is -1.36. The van der Waals surface area contributed by atoms with Gasteiger partial charge < -0.3 is 24.8 Å². The molecule has 0 spiro atoms. The zero-order valence-corrected chi connectivity index (χ0v) is 22.6.